The van der Waals surface area contributed by atoms with Gasteiger partial charge in [-0.3, -0.25) is 24.2 Å². The number of hydrogen-bond acceptors (Lipinski definition) is 4. The summed E-state index contributed by atoms with van der Waals surface area (Å²) in [5.41, 5.74) is 0. The topological polar surface area (TPSA) is 77.9 Å². The first-order valence-electron chi connectivity index (χ1n) is 4.73. The fourth-order valence-electron chi connectivity index (χ4n) is 1.67. The molecule has 1 atom stereocenters. The third-order valence-corrected chi connectivity index (χ3v) is 2.45. The molecule has 1 aliphatic heterocycles. The minimum absolute atomic E-state index is 0.0798. The summed E-state index contributed by atoms with van der Waals surface area (Å²) in [5, 5.41) is 8.57. The predicted molar refractivity (Wildman–Crippen MR) is 51.1 cm³/mol. The zero-order chi connectivity index (χ0) is 11.6. The van der Waals surface area contributed by atoms with Gasteiger partial charge in [0.05, 0.1) is 19.0 Å². The van der Waals surface area contributed by atoms with E-state index in [9.17, 15) is 14.4 Å². The molecule has 1 fully saturated rings. The van der Waals surface area contributed by atoms with Crippen LogP contribution in [-0.4, -0.2) is 58.9 Å². The number of imide groups is 1. The van der Waals surface area contributed by atoms with Crippen molar-refractivity contribution in [2.24, 2.45) is 0 Å². The molecule has 0 saturated carbocycles. The second kappa shape index (κ2) is 4.39. The third kappa shape index (κ3) is 2.33. The molecule has 84 valence electrons. The molecule has 6 nitrogen and oxygen atoms in total. The number of aliphatic carboxylic acids is 1. The van der Waals surface area contributed by atoms with Gasteiger partial charge in [0.25, 0.3) is 0 Å². The molecule has 0 aromatic rings. The van der Waals surface area contributed by atoms with E-state index in [4.69, 9.17) is 5.11 Å². The van der Waals surface area contributed by atoms with Crippen molar-refractivity contribution < 1.29 is 19.5 Å². The van der Waals surface area contributed by atoms with Crippen LogP contribution in [0.25, 0.3) is 0 Å². The van der Waals surface area contributed by atoms with E-state index < -0.39 is 12.0 Å². The molecule has 0 aliphatic carbocycles. The maximum absolute atomic E-state index is 11.6. The lowest BCUT2D eigenvalue weighted by Crippen LogP contribution is -2.42. The van der Waals surface area contributed by atoms with Gasteiger partial charge in [-0.1, -0.05) is 0 Å². The minimum Gasteiger partial charge on any atom is -0.480 e. The number of carboxylic acid groups (broad SMARTS) is 1. The number of carbonyl (C=O) groups is 3. The molecule has 1 heterocycles. The van der Waals surface area contributed by atoms with Gasteiger partial charge in [0.15, 0.2) is 0 Å². The monoisotopic (exact) mass is 214 g/mol. The number of likely N-dealkylation sites (N-methyl/N-ethyl adjacent to an activating group) is 2. The standard InChI is InChI=1S/C9H14N2O4/c1-3-11-7(12)4-6(9(11)15)10(2)5-8(13)14/h6H,3-5H2,1-2H3,(H,13,14). The van der Waals surface area contributed by atoms with Crippen LogP contribution in [0.5, 0.6) is 0 Å². The van der Waals surface area contributed by atoms with Crippen molar-refractivity contribution in [3.63, 3.8) is 0 Å². The molecule has 1 N–H and O–H groups in total. The van der Waals surface area contributed by atoms with Gasteiger partial charge in [-0.25, -0.2) is 0 Å². The Kier molecular flexibility index (Phi) is 3.41. The molecule has 15 heavy (non-hydrogen) atoms. The van der Waals surface area contributed by atoms with E-state index in [1.54, 1.807) is 6.92 Å². The largest absolute Gasteiger partial charge is 0.480 e. The molecule has 2 amide bonds. The van der Waals surface area contributed by atoms with E-state index in [1.807, 2.05) is 0 Å². The van der Waals surface area contributed by atoms with E-state index >= 15 is 0 Å². The van der Waals surface area contributed by atoms with Gasteiger partial charge in [-0.2, -0.15) is 0 Å². The number of likely N-dealkylation sites (tertiary alicyclic amines) is 1. The molecule has 0 radical (unpaired) electrons. The molecule has 6 heteroatoms. The summed E-state index contributed by atoms with van der Waals surface area (Å²) < 4.78 is 0. The van der Waals surface area contributed by atoms with Gasteiger partial charge in [0.2, 0.25) is 11.8 Å². The van der Waals surface area contributed by atoms with Gasteiger partial charge in [-0.05, 0) is 14.0 Å². The number of hydrogen-bond donors (Lipinski definition) is 1. The summed E-state index contributed by atoms with van der Waals surface area (Å²) in [5.74, 6) is -1.54. The first-order valence-corrected chi connectivity index (χ1v) is 4.73. The van der Waals surface area contributed by atoms with E-state index in [2.05, 4.69) is 0 Å². The van der Waals surface area contributed by atoms with E-state index in [0.29, 0.717) is 6.54 Å². The van der Waals surface area contributed by atoms with Gasteiger partial charge in [0.1, 0.15) is 0 Å². The van der Waals surface area contributed by atoms with Crippen LogP contribution in [0, 0.1) is 0 Å². The Morgan fingerprint density at radius 3 is 2.60 bits per heavy atom. The van der Waals surface area contributed by atoms with Gasteiger partial charge in [0, 0.05) is 6.54 Å². The van der Waals surface area contributed by atoms with Crippen LogP contribution in [-0.2, 0) is 14.4 Å². The highest BCUT2D eigenvalue weighted by atomic mass is 16.4. The predicted octanol–water partition coefficient (Wildman–Crippen LogP) is -0.850. The lowest BCUT2D eigenvalue weighted by molar-refractivity contribution is -0.140. The first-order chi connectivity index (χ1) is 6.97. The number of rotatable bonds is 4. The van der Waals surface area contributed by atoms with Gasteiger partial charge in [-0.15, -0.1) is 0 Å². The van der Waals surface area contributed by atoms with Crippen molar-refractivity contribution in [3.8, 4) is 0 Å². The van der Waals surface area contributed by atoms with Crippen LogP contribution in [0.2, 0.25) is 0 Å². The number of amides is 2. The number of carboxylic acids is 1. The maximum Gasteiger partial charge on any atom is 0.317 e. The normalized spacial score (nSPS) is 21.5. The van der Waals surface area contributed by atoms with E-state index in [-0.39, 0.29) is 24.8 Å². The van der Waals surface area contributed by atoms with Crippen LogP contribution in [0.3, 0.4) is 0 Å². The van der Waals surface area contributed by atoms with Crippen LogP contribution in [0.1, 0.15) is 13.3 Å². The average molecular weight is 214 g/mol. The highest BCUT2D eigenvalue weighted by Gasteiger charge is 2.40. The maximum atomic E-state index is 11.6. The first kappa shape index (κ1) is 11.6. The number of carbonyl (C=O) groups excluding carboxylic acids is 2. The molecule has 0 aromatic heterocycles. The smallest absolute Gasteiger partial charge is 0.317 e. The number of nitrogens with zero attached hydrogens (tertiary/aromatic N) is 2. The highest BCUT2D eigenvalue weighted by molar-refractivity contribution is 6.05. The summed E-state index contributed by atoms with van der Waals surface area (Å²) in [7, 11) is 1.53. The minimum atomic E-state index is -1.01. The quantitative estimate of drug-likeness (QED) is 0.617. The Bertz CT molecular complexity index is 302. The average Bonchev–Trinajstić information content (AvgIpc) is 2.40. The lowest BCUT2D eigenvalue weighted by atomic mass is 10.2. The Hall–Kier alpha value is -1.43. The van der Waals surface area contributed by atoms with Crippen molar-refractivity contribution in [1.29, 1.82) is 0 Å². The lowest BCUT2D eigenvalue weighted by Gasteiger charge is -2.20. The Morgan fingerprint density at radius 1 is 1.60 bits per heavy atom. The van der Waals surface area contributed by atoms with Gasteiger partial charge < -0.3 is 5.11 Å². The summed E-state index contributed by atoms with van der Waals surface area (Å²) in [4.78, 5) is 36.0. The van der Waals surface area contributed by atoms with Crippen molar-refractivity contribution in [2.75, 3.05) is 20.1 Å². The second-order valence-corrected chi connectivity index (χ2v) is 3.51. The fourth-order valence-corrected chi connectivity index (χ4v) is 1.67. The zero-order valence-corrected chi connectivity index (χ0v) is 8.77. The molecule has 1 unspecified atom stereocenters. The van der Waals surface area contributed by atoms with Crippen molar-refractivity contribution in [1.82, 2.24) is 9.80 Å². The summed E-state index contributed by atoms with van der Waals surface area (Å²) in [6.45, 7) is 1.83. The second-order valence-electron chi connectivity index (χ2n) is 3.51. The molecule has 1 aliphatic rings. The van der Waals surface area contributed by atoms with Gasteiger partial charge >= 0.3 is 5.97 Å². The van der Waals surface area contributed by atoms with Crippen LogP contribution in [0.15, 0.2) is 0 Å². The summed E-state index contributed by atoms with van der Waals surface area (Å²) in [6.07, 6.45) is 0.0798. The van der Waals surface area contributed by atoms with Crippen molar-refractivity contribution in [2.45, 2.75) is 19.4 Å². The zero-order valence-electron chi connectivity index (χ0n) is 8.77. The van der Waals surface area contributed by atoms with Crippen molar-refractivity contribution >= 4 is 17.8 Å². The van der Waals surface area contributed by atoms with Crippen LogP contribution >= 0.6 is 0 Å². The molecular weight excluding hydrogens is 200 g/mol. The fraction of sp³-hybridized carbons (Fsp3) is 0.667. The molecule has 0 spiro atoms. The molecule has 1 saturated heterocycles. The highest BCUT2D eigenvalue weighted by Crippen LogP contribution is 2.16. The Labute approximate surface area is 87.5 Å². The SMILES string of the molecule is CCN1C(=O)CC(N(C)CC(=O)O)C1=O. The Morgan fingerprint density at radius 2 is 2.20 bits per heavy atom. The van der Waals surface area contributed by atoms with Crippen molar-refractivity contribution in [3.05, 3.63) is 0 Å². The van der Waals surface area contributed by atoms with E-state index in [0.717, 1.165) is 4.90 Å². The molecular formula is C9H14N2O4. The third-order valence-electron chi connectivity index (χ3n) is 2.45. The van der Waals surface area contributed by atoms with Crippen LogP contribution < -0.4 is 0 Å². The van der Waals surface area contributed by atoms with E-state index in [1.165, 1.54) is 11.9 Å². The van der Waals surface area contributed by atoms with Crippen LogP contribution in [0.4, 0.5) is 0 Å². The molecule has 1 rings (SSSR count). The molecule has 0 bridgehead atoms. The summed E-state index contributed by atoms with van der Waals surface area (Å²) >= 11 is 0. The Balaban J connectivity index is 2.69. The summed E-state index contributed by atoms with van der Waals surface area (Å²) in [6, 6.07) is -0.617. The molecule has 0 aromatic carbocycles.